The molecule has 0 aliphatic carbocycles. The Balaban J connectivity index is 1.59. The van der Waals surface area contributed by atoms with Crippen molar-refractivity contribution >= 4 is 11.9 Å². The maximum atomic E-state index is 9.66. The number of methoxy groups -OCH3 is 1. The van der Waals surface area contributed by atoms with Crippen LogP contribution in [0.4, 0.5) is 0 Å². The van der Waals surface area contributed by atoms with Crippen LogP contribution in [0.25, 0.3) is 11.8 Å². The molecular weight excluding hydrogens is 418 g/mol. The van der Waals surface area contributed by atoms with Crippen LogP contribution >= 0.6 is 0 Å². The predicted molar refractivity (Wildman–Crippen MR) is 125 cm³/mol. The molecule has 1 N–H and O–H groups in total. The minimum Gasteiger partial charge on any atom is -0.495 e. The van der Waals surface area contributed by atoms with E-state index in [1.54, 1.807) is 25.6 Å². The van der Waals surface area contributed by atoms with Gasteiger partial charge in [0.05, 0.1) is 43.1 Å². The van der Waals surface area contributed by atoms with Gasteiger partial charge in [0.1, 0.15) is 5.75 Å². The zero-order chi connectivity index (χ0) is 23.4. The molecule has 1 aromatic heterocycles. The van der Waals surface area contributed by atoms with E-state index < -0.39 is 5.72 Å². The number of β-amino-alcohol motifs (C(OH)–C–C–N with tert-alkyl or cyclic N) is 1. The number of nitrogens with zero attached hydrogens (tertiary/aromatic N) is 5. The number of ether oxygens (including phenoxy) is 1. The molecular formula is C25H25N5O3. The molecule has 2 heterocycles. The van der Waals surface area contributed by atoms with E-state index in [9.17, 15) is 5.11 Å². The van der Waals surface area contributed by atoms with Gasteiger partial charge in [0.15, 0.2) is 5.84 Å². The van der Waals surface area contributed by atoms with E-state index in [1.165, 1.54) is 0 Å². The highest BCUT2D eigenvalue weighted by atomic mass is 16.7. The quantitative estimate of drug-likeness (QED) is 0.600. The van der Waals surface area contributed by atoms with E-state index >= 15 is 0 Å². The fourth-order valence-corrected chi connectivity index (χ4v) is 3.80. The largest absolute Gasteiger partial charge is 0.495 e. The molecule has 0 fully saturated rings. The van der Waals surface area contributed by atoms with Gasteiger partial charge in [-0.05, 0) is 42.8 Å². The standard InChI is InChI=1S/C25H25N5O3/c1-18-16-29(17-27-18)22-10-6-19(14-23(22)32-3)7-11-24-28-33-25(2,30(24)12-13-31)21-8-4-20(15-26)5-9-21/h4-11,14,16-17,31H,12-13H2,1-3H3/b11-7+. The smallest absolute Gasteiger partial charge is 0.234 e. The lowest BCUT2D eigenvalue weighted by atomic mass is 10.0. The van der Waals surface area contributed by atoms with Gasteiger partial charge in [-0.15, -0.1) is 0 Å². The molecule has 2 aromatic carbocycles. The van der Waals surface area contributed by atoms with Crippen LogP contribution in [0.5, 0.6) is 5.75 Å². The lowest BCUT2D eigenvalue weighted by molar-refractivity contribution is -0.0932. The number of amidine groups is 1. The average Bonchev–Trinajstić information content (AvgIpc) is 3.41. The molecule has 33 heavy (non-hydrogen) atoms. The van der Waals surface area contributed by atoms with Crippen LogP contribution in [0.2, 0.25) is 0 Å². The molecule has 1 aliphatic heterocycles. The Kier molecular flexibility index (Phi) is 6.16. The van der Waals surface area contributed by atoms with Gasteiger partial charge in [0.2, 0.25) is 5.72 Å². The number of hydrogen-bond acceptors (Lipinski definition) is 7. The molecule has 0 saturated heterocycles. The average molecular weight is 444 g/mol. The van der Waals surface area contributed by atoms with Crippen molar-refractivity contribution in [2.45, 2.75) is 19.6 Å². The van der Waals surface area contributed by atoms with E-state index in [0.717, 1.165) is 22.5 Å². The molecule has 8 nitrogen and oxygen atoms in total. The molecule has 0 amide bonds. The summed E-state index contributed by atoms with van der Waals surface area (Å²) in [5.41, 5.74) is 3.26. The minimum absolute atomic E-state index is 0.0606. The summed E-state index contributed by atoms with van der Waals surface area (Å²) in [6.07, 6.45) is 7.46. The number of oxime groups is 1. The topological polar surface area (TPSA) is 95.9 Å². The van der Waals surface area contributed by atoms with Crippen molar-refractivity contribution in [1.82, 2.24) is 14.5 Å². The van der Waals surface area contributed by atoms with E-state index in [4.69, 9.17) is 14.8 Å². The lowest BCUT2D eigenvalue weighted by Gasteiger charge is -2.33. The molecule has 0 spiro atoms. The Morgan fingerprint density at radius 1 is 1.21 bits per heavy atom. The predicted octanol–water partition coefficient (Wildman–Crippen LogP) is 3.59. The maximum Gasteiger partial charge on any atom is 0.234 e. The second-order valence-electron chi connectivity index (χ2n) is 7.77. The third kappa shape index (κ3) is 4.31. The number of nitriles is 1. The summed E-state index contributed by atoms with van der Waals surface area (Å²) in [6, 6.07) is 15.2. The second kappa shape index (κ2) is 9.18. The maximum absolute atomic E-state index is 9.66. The first-order valence-electron chi connectivity index (χ1n) is 10.5. The summed E-state index contributed by atoms with van der Waals surface area (Å²) < 4.78 is 7.51. The molecule has 8 heteroatoms. The number of aromatic nitrogens is 2. The van der Waals surface area contributed by atoms with Crippen LogP contribution in [0, 0.1) is 18.3 Å². The molecule has 1 aliphatic rings. The number of rotatable bonds is 7. The third-order valence-electron chi connectivity index (χ3n) is 5.60. The molecule has 1 atom stereocenters. The summed E-state index contributed by atoms with van der Waals surface area (Å²) >= 11 is 0. The van der Waals surface area contributed by atoms with Crippen LogP contribution in [0.15, 0.2) is 66.2 Å². The Hall–Kier alpha value is -4.09. The van der Waals surface area contributed by atoms with Crippen molar-refractivity contribution in [3.63, 3.8) is 0 Å². The van der Waals surface area contributed by atoms with Gasteiger partial charge in [-0.3, -0.25) is 0 Å². The van der Waals surface area contributed by atoms with E-state index in [0.29, 0.717) is 23.7 Å². The highest BCUT2D eigenvalue weighted by molar-refractivity contribution is 5.97. The number of hydrogen-bond donors (Lipinski definition) is 1. The number of aliphatic hydroxyl groups is 1. The van der Waals surface area contributed by atoms with Crippen molar-refractivity contribution in [2.75, 3.05) is 20.3 Å². The second-order valence-corrected chi connectivity index (χ2v) is 7.77. The fourth-order valence-electron chi connectivity index (χ4n) is 3.80. The van der Waals surface area contributed by atoms with Crippen molar-refractivity contribution in [3.05, 3.63) is 83.4 Å². The van der Waals surface area contributed by atoms with Crippen LogP contribution in [0.3, 0.4) is 0 Å². The van der Waals surface area contributed by atoms with Crippen molar-refractivity contribution < 1.29 is 14.7 Å². The summed E-state index contributed by atoms with van der Waals surface area (Å²) in [4.78, 5) is 12.0. The minimum atomic E-state index is -0.892. The first-order chi connectivity index (χ1) is 16.0. The van der Waals surface area contributed by atoms with Gasteiger partial charge < -0.3 is 24.1 Å². The first kappa shape index (κ1) is 22.1. The van der Waals surface area contributed by atoms with Crippen LogP contribution in [0.1, 0.15) is 29.3 Å². The van der Waals surface area contributed by atoms with Crippen molar-refractivity contribution in [2.24, 2.45) is 5.16 Å². The molecule has 0 saturated carbocycles. The fraction of sp³-hybridized carbons (Fsp3) is 0.240. The third-order valence-corrected chi connectivity index (χ3v) is 5.60. The Morgan fingerprint density at radius 2 is 2.00 bits per heavy atom. The van der Waals surface area contributed by atoms with E-state index in [-0.39, 0.29) is 6.61 Å². The van der Waals surface area contributed by atoms with Crippen LogP contribution < -0.4 is 4.74 Å². The molecule has 0 radical (unpaired) electrons. The van der Waals surface area contributed by atoms with Gasteiger partial charge in [0.25, 0.3) is 0 Å². The highest BCUT2D eigenvalue weighted by Crippen LogP contribution is 2.35. The summed E-state index contributed by atoms with van der Waals surface area (Å²) in [5.74, 6) is 1.30. The zero-order valence-corrected chi connectivity index (χ0v) is 18.8. The monoisotopic (exact) mass is 443 g/mol. The van der Waals surface area contributed by atoms with Gasteiger partial charge in [-0.2, -0.15) is 5.26 Å². The van der Waals surface area contributed by atoms with Crippen LogP contribution in [-0.2, 0) is 10.6 Å². The number of benzene rings is 2. The number of aliphatic hydroxyl groups excluding tert-OH is 1. The lowest BCUT2D eigenvalue weighted by Crippen LogP contribution is -2.44. The number of aryl methyl sites for hydroxylation is 1. The first-order valence-corrected chi connectivity index (χ1v) is 10.5. The summed E-state index contributed by atoms with van der Waals surface area (Å²) in [7, 11) is 1.64. The SMILES string of the molecule is COc1cc(/C=C/C2=NOC(C)(c3ccc(C#N)cc3)N2CCO)ccc1-n1cnc(C)c1. The van der Waals surface area contributed by atoms with Crippen molar-refractivity contribution in [1.29, 1.82) is 5.26 Å². The Bertz CT molecular complexity index is 1240. The van der Waals surface area contributed by atoms with Crippen molar-refractivity contribution in [3.8, 4) is 17.5 Å². The Labute approximate surface area is 192 Å². The Morgan fingerprint density at radius 3 is 2.64 bits per heavy atom. The zero-order valence-electron chi connectivity index (χ0n) is 18.8. The van der Waals surface area contributed by atoms with Gasteiger partial charge in [-0.25, -0.2) is 4.98 Å². The summed E-state index contributed by atoms with van der Waals surface area (Å²) in [5, 5.41) is 23.0. The molecule has 4 rings (SSSR count). The molecule has 0 bridgehead atoms. The number of imidazole rings is 1. The molecule has 3 aromatic rings. The van der Waals surface area contributed by atoms with Gasteiger partial charge in [0, 0.05) is 25.2 Å². The van der Waals surface area contributed by atoms with Gasteiger partial charge in [-0.1, -0.05) is 29.4 Å². The summed E-state index contributed by atoms with van der Waals surface area (Å²) in [6.45, 7) is 4.10. The van der Waals surface area contributed by atoms with E-state index in [1.807, 2.05) is 72.0 Å². The molecule has 1 unspecified atom stereocenters. The normalized spacial score (nSPS) is 17.7. The van der Waals surface area contributed by atoms with E-state index in [2.05, 4.69) is 16.2 Å². The van der Waals surface area contributed by atoms with Crippen LogP contribution in [-0.4, -0.2) is 45.7 Å². The molecule has 168 valence electrons. The van der Waals surface area contributed by atoms with Gasteiger partial charge >= 0.3 is 0 Å². The highest BCUT2D eigenvalue weighted by Gasteiger charge is 2.42.